The number of aryl methyl sites for hydroxylation is 2. The molecule has 0 aliphatic heterocycles. The van der Waals surface area contributed by atoms with Gasteiger partial charge in [0, 0.05) is 34.1 Å². The maximum atomic E-state index is 12.0. The molecule has 0 atom stereocenters. The van der Waals surface area contributed by atoms with Gasteiger partial charge in [0.05, 0.1) is 12.0 Å². The van der Waals surface area contributed by atoms with E-state index in [-0.39, 0.29) is 18.2 Å². The van der Waals surface area contributed by atoms with Gasteiger partial charge in [-0.3, -0.25) is 9.59 Å². The highest BCUT2D eigenvalue weighted by atomic mass is 32.2. The van der Waals surface area contributed by atoms with Crippen molar-refractivity contribution in [2.45, 2.75) is 25.5 Å². The van der Waals surface area contributed by atoms with Gasteiger partial charge >= 0.3 is 0 Å². The first kappa shape index (κ1) is 19.6. The Morgan fingerprint density at radius 1 is 1.25 bits per heavy atom. The van der Waals surface area contributed by atoms with Gasteiger partial charge in [0.25, 0.3) is 5.91 Å². The molecule has 0 aliphatic rings. The lowest BCUT2D eigenvalue weighted by Crippen LogP contribution is -2.20. The topological polar surface area (TPSA) is 115 Å². The molecular formula is C19H20N6O2S. The number of para-hydroxylation sites is 1. The number of primary amides is 1. The highest BCUT2D eigenvalue weighted by Crippen LogP contribution is 2.20. The van der Waals surface area contributed by atoms with E-state index < -0.39 is 5.91 Å². The van der Waals surface area contributed by atoms with Crippen molar-refractivity contribution in [3.8, 4) is 0 Å². The van der Waals surface area contributed by atoms with E-state index in [2.05, 4.69) is 20.5 Å². The summed E-state index contributed by atoms with van der Waals surface area (Å²) in [4.78, 5) is 31.9. The molecule has 0 saturated carbocycles. The van der Waals surface area contributed by atoms with E-state index in [4.69, 9.17) is 5.73 Å². The van der Waals surface area contributed by atoms with Gasteiger partial charge in [-0.15, -0.1) is 0 Å². The molecule has 3 rings (SSSR count). The van der Waals surface area contributed by atoms with Crippen LogP contribution in [0.4, 0.5) is 0 Å². The maximum absolute atomic E-state index is 12.0. The summed E-state index contributed by atoms with van der Waals surface area (Å²) >= 11 is 1.25. The summed E-state index contributed by atoms with van der Waals surface area (Å²) < 4.78 is 1.76. The summed E-state index contributed by atoms with van der Waals surface area (Å²) in [6.45, 7) is 3.85. The van der Waals surface area contributed by atoms with Crippen LogP contribution in [-0.4, -0.2) is 38.3 Å². The van der Waals surface area contributed by atoms with E-state index in [1.165, 1.54) is 11.8 Å². The molecule has 0 unspecified atom stereocenters. The van der Waals surface area contributed by atoms with Crippen molar-refractivity contribution < 1.29 is 9.59 Å². The number of carbonyl (C=O) groups is 2. The second kappa shape index (κ2) is 8.66. The summed E-state index contributed by atoms with van der Waals surface area (Å²) in [6, 6.07) is 9.48. The monoisotopic (exact) mass is 396 g/mol. The SMILES string of the molecule is Cc1cc(C)nc(SCC(=O)NN=Cc2cn(CC(N)=O)c3ccccc23)n1. The van der Waals surface area contributed by atoms with Gasteiger partial charge in [-0.1, -0.05) is 30.0 Å². The van der Waals surface area contributed by atoms with Gasteiger partial charge in [0.2, 0.25) is 5.91 Å². The third-order valence-corrected chi connectivity index (χ3v) is 4.68. The molecule has 3 N–H and O–H groups in total. The second-order valence-corrected chi connectivity index (χ2v) is 7.15. The van der Waals surface area contributed by atoms with Crippen molar-refractivity contribution in [2.75, 3.05) is 5.75 Å². The maximum Gasteiger partial charge on any atom is 0.250 e. The lowest BCUT2D eigenvalue weighted by molar-refractivity contribution is -0.119. The van der Waals surface area contributed by atoms with E-state index in [0.717, 1.165) is 27.9 Å². The molecule has 2 aromatic heterocycles. The zero-order valence-electron chi connectivity index (χ0n) is 15.5. The second-order valence-electron chi connectivity index (χ2n) is 6.21. The highest BCUT2D eigenvalue weighted by molar-refractivity contribution is 7.99. The molecule has 28 heavy (non-hydrogen) atoms. The number of thioether (sulfide) groups is 1. The van der Waals surface area contributed by atoms with Crippen molar-refractivity contribution >= 4 is 40.7 Å². The van der Waals surface area contributed by atoms with Crippen LogP contribution in [0.1, 0.15) is 17.0 Å². The number of rotatable bonds is 7. The third-order valence-electron chi connectivity index (χ3n) is 3.83. The van der Waals surface area contributed by atoms with Gasteiger partial charge < -0.3 is 10.3 Å². The minimum absolute atomic E-state index is 0.0766. The largest absolute Gasteiger partial charge is 0.368 e. The Balaban J connectivity index is 1.64. The number of hydrogen-bond donors (Lipinski definition) is 2. The van der Waals surface area contributed by atoms with Crippen LogP contribution in [0.25, 0.3) is 10.9 Å². The van der Waals surface area contributed by atoms with Crippen LogP contribution >= 0.6 is 11.8 Å². The molecular weight excluding hydrogens is 376 g/mol. The summed E-state index contributed by atoms with van der Waals surface area (Å²) in [5.41, 5.74) is 11.2. The molecule has 1 aromatic carbocycles. The summed E-state index contributed by atoms with van der Waals surface area (Å²) in [5.74, 6) is -0.531. The number of aromatic nitrogens is 3. The number of fused-ring (bicyclic) bond motifs is 1. The number of hydrazone groups is 1. The van der Waals surface area contributed by atoms with Crippen molar-refractivity contribution in [2.24, 2.45) is 10.8 Å². The van der Waals surface area contributed by atoms with Crippen molar-refractivity contribution in [1.29, 1.82) is 0 Å². The molecule has 0 fully saturated rings. The molecule has 9 heteroatoms. The summed E-state index contributed by atoms with van der Waals surface area (Å²) in [7, 11) is 0. The van der Waals surface area contributed by atoms with Crippen molar-refractivity contribution in [3.05, 3.63) is 53.5 Å². The van der Waals surface area contributed by atoms with E-state index in [0.29, 0.717) is 5.16 Å². The average molecular weight is 396 g/mol. The Labute approximate surface area is 166 Å². The first-order valence-corrected chi connectivity index (χ1v) is 9.54. The number of nitrogens with two attached hydrogens (primary N) is 1. The number of hydrogen-bond acceptors (Lipinski definition) is 6. The first-order chi connectivity index (χ1) is 13.4. The fraction of sp³-hybridized carbons (Fsp3) is 0.211. The van der Waals surface area contributed by atoms with Gasteiger partial charge in [0.15, 0.2) is 5.16 Å². The fourth-order valence-corrected chi connectivity index (χ4v) is 3.51. The molecule has 2 heterocycles. The predicted octanol–water partition coefficient (Wildman–Crippen LogP) is 1.78. The Morgan fingerprint density at radius 2 is 1.96 bits per heavy atom. The van der Waals surface area contributed by atoms with Gasteiger partial charge in [-0.25, -0.2) is 15.4 Å². The molecule has 2 amide bonds. The normalized spacial score (nSPS) is 11.2. The smallest absolute Gasteiger partial charge is 0.250 e. The van der Waals surface area contributed by atoms with Gasteiger partial charge in [-0.05, 0) is 26.0 Å². The quantitative estimate of drug-likeness (QED) is 0.273. The number of amides is 2. The third kappa shape index (κ3) is 4.95. The Hall–Kier alpha value is -3.20. The number of nitrogens with one attached hydrogen (secondary N) is 1. The molecule has 144 valence electrons. The number of carbonyl (C=O) groups excluding carboxylic acids is 2. The fourth-order valence-electron chi connectivity index (χ4n) is 2.77. The Morgan fingerprint density at radius 3 is 2.68 bits per heavy atom. The van der Waals surface area contributed by atoms with Crippen LogP contribution in [0.5, 0.6) is 0 Å². The van der Waals surface area contributed by atoms with Crippen LogP contribution in [0.2, 0.25) is 0 Å². The molecule has 0 aliphatic carbocycles. The molecule has 0 bridgehead atoms. The van der Waals surface area contributed by atoms with Crippen molar-refractivity contribution in [1.82, 2.24) is 20.0 Å². The minimum Gasteiger partial charge on any atom is -0.368 e. The standard InChI is InChI=1S/C19H20N6O2S/c1-12-7-13(2)23-19(22-12)28-11-18(27)24-21-8-14-9-25(10-17(20)26)16-6-4-3-5-15(14)16/h3-9H,10-11H2,1-2H3,(H2,20,26)(H,24,27). The van der Waals surface area contributed by atoms with E-state index in [9.17, 15) is 9.59 Å². The molecule has 3 aromatic rings. The average Bonchev–Trinajstić information content (AvgIpc) is 2.96. The highest BCUT2D eigenvalue weighted by Gasteiger charge is 2.09. The lowest BCUT2D eigenvalue weighted by Gasteiger charge is -2.02. The molecule has 0 radical (unpaired) electrons. The zero-order valence-corrected chi connectivity index (χ0v) is 16.4. The van der Waals surface area contributed by atoms with Gasteiger partial charge in [0.1, 0.15) is 6.54 Å². The number of benzene rings is 1. The minimum atomic E-state index is -0.428. The predicted molar refractivity (Wildman–Crippen MR) is 109 cm³/mol. The molecule has 0 spiro atoms. The zero-order chi connectivity index (χ0) is 20.1. The molecule has 0 saturated heterocycles. The Kier molecular flexibility index (Phi) is 6.05. The number of nitrogens with zero attached hydrogens (tertiary/aromatic N) is 4. The van der Waals surface area contributed by atoms with E-state index in [1.807, 2.05) is 44.2 Å². The van der Waals surface area contributed by atoms with Crippen LogP contribution in [0.3, 0.4) is 0 Å². The van der Waals surface area contributed by atoms with Gasteiger partial charge in [-0.2, -0.15) is 5.10 Å². The lowest BCUT2D eigenvalue weighted by atomic mass is 10.2. The van der Waals surface area contributed by atoms with Crippen LogP contribution < -0.4 is 11.2 Å². The van der Waals surface area contributed by atoms with Crippen molar-refractivity contribution in [3.63, 3.8) is 0 Å². The summed E-state index contributed by atoms with van der Waals surface area (Å²) in [6.07, 6.45) is 3.33. The van der Waals surface area contributed by atoms with Crippen LogP contribution in [-0.2, 0) is 16.1 Å². The van der Waals surface area contributed by atoms with Crippen LogP contribution in [0.15, 0.2) is 46.8 Å². The summed E-state index contributed by atoms with van der Waals surface area (Å²) in [5, 5.41) is 5.50. The van der Waals surface area contributed by atoms with E-state index in [1.54, 1.807) is 17.0 Å². The molecule has 8 nitrogen and oxygen atoms in total. The Bertz CT molecular complexity index is 1040. The first-order valence-electron chi connectivity index (χ1n) is 8.55. The van der Waals surface area contributed by atoms with E-state index >= 15 is 0 Å². The van der Waals surface area contributed by atoms with Crippen LogP contribution in [0, 0.1) is 13.8 Å².